The molecule has 3 aromatic rings. The topological polar surface area (TPSA) is 54.7 Å². The Kier molecular flexibility index (Phi) is 2.46. The molecule has 2 aromatic heterocycles. The van der Waals surface area contributed by atoms with Crippen molar-refractivity contribution >= 4 is 22.2 Å². The average molecular weight is 243 g/mol. The number of hydrogen-bond acceptors (Lipinski definition) is 3. The molecule has 0 radical (unpaired) electrons. The highest BCUT2D eigenvalue weighted by Gasteiger charge is 2.12. The fourth-order valence-corrected chi connectivity index (χ4v) is 2.79. The van der Waals surface area contributed by atoms with Crippen LogP contribution in [0.3, 0.4) is 0 Å². The van der Waals surface area contributed by atoms with E-state index in [1.807, 2.05) is 6.07 Å². The second-order valence-corrected chi connectivity index (χ2v) is 4.94. The van der Waals surface area contributed by atoms with Crippen LogP contribution in [-0.4, -0.2) is 9.97 Å². The van der Waals surface area contributed by atoms with Gasteiger partial charge in [-0.15, -0.1) is 11.3 Å². The Labute approximate surface area is 103 Å². The summed E-state index contributed by atoms with van der Waals surface area (Å²) in [5.74, 6) is 0. The molecular formula is C13H13N3S. The number of fused-ring (bicyclic) bond motifs is 1. The van der Waals surface area contributed by atoms with Crippen molar-refractivity contribution in [3.63, 3.8) is 0 Å². The first-order valence-electron chi connectivity index (χ1n) is 5.51. The van der Waals surface area contributed by atoms with Crippen LogP contribution < -0.4 is 5.73 Å². The minimum absolute atomic E-state index is 0.506. The molecule has 0 saturated carbocycles. The number of aromatic amines is 1. The Morgan fingerprint density at radius 3 is 2.94 bits per heavy atom. The molecule has 0 aliphatic heterocycles. The number of nitrogens with two attached hydrogens (primary N) is 1. The summed E-state index contributed by atoms with van der Waals surface area (Å²) in [5, 5.41) is 4.27. The quantitative estimate of drug-likeness (QED) is 0.726. The lowest BCUT2D eigenvalue weighted by molar-refractivity contribution is 1.04. The number of aryl methyl sites for hydroxylation is 1. The molecule has 0 aliphatic carbocycles. The predicted molar refractivity (Wildman–Crippen MR) is 72.0 cm³/mol. The van der Waals surface area contributed by atoms with Gasteiger partial charge in [0.15, 0.2) is 0 Å². The summed E-state index contributed by atoms with van der Waals surface area (Å²) in [6.07, 6.45) is 0. The van der Waals surface area contributed by atoms with Crippen LogP contribution in [0.5, 0.6) is 0 Å². The van der Waals surface area contributed by atoms with Crippen LogP contribution >= 0.6 is 11.3 Å². The van der Waals surface area contributed by atoms with Gasteiger partial charge in [0, 0.05) is 34.1 Å². The molecule has 4 heteroatoms. The molecule has 0 spiro atoms. The molecule has 86 valence electrons. The van der Waals surface area contributed by atoms with Crippen LogP contribution in [0.25, 0.3) is 22.2 Å². The van der Waals surface area contributed by atoms with E-state index in [1.165, 1.54) is 10.9 Å². The average Bonchev–Trinajstić information content (AvgIpc) is 2.91. The van der Waals surface area contributed by atoms with E-state index in [0.29, 0.717) is 6.54 Å². The molecule has 0 unspecified atom stereocenters. The summed E-state index contributed by atoms with van der Waals surface area (Å²) >= 11 is 1.62. The fourth-order valence-electron chi connectivity index (χ4n) is 2.13. The van der Waals surface area contributed by atoms with Crippen LogP contribution in [-0.2, 0) is 6.54 Å². The van der Waals surface area contributed by atoms with Crippen molar-refractivity contribution in [1.82, 2.24) is 9.97 Å². The SMILES string of the molecule is Cc1[nH]c2ccccc2c1-c1csc(CN)n1. The highest BCUT2D eigenvalue weighted by Crippen LogP contribution is 2.32. The number of nitrogens with zero attached hydrogens (tertiary/aromatic N) is 1. The molecule has 2 heterocycles. The summed E-state index contributed by atoms with van der Waals surface area (Å²) < 4.78 is 0. The monoisotopic (exact) mass is 243 g/mol. The third kappa shape index (κ3) is 1.66. The predicted octanol–water partition coefficient (Wildman–Crippen LogP) is 3.06. The van der Waals surface area contributed by atoms with Gasteiger partial charge in [-0.05, 0) is 13.0 Å². The minimum atomic E-state index is 0.506. The van der Waals surface area contributed by atoms with Gasteiger partial charge in [0.1, 0.15) is 5.01 Å². The van der Waals surface area contributed by atoms with Crippen LogP contribution in [0.15, 0.2) is 29.6 Å². The summed E-state index contributed by atoms with van der Waals surface area (Å²) in [6.45, 7) is 2.59. The molecular weight excluding hydrogens is 230 g/mol. The molecule has 0 bridgehead atoms. The van der Waals surface area contributed by atoms with E-state index >= 15 is 0 Å². The van der Waals surface area contributed by atoms with Gasteiger partial charge in [-0.1, -0.05) is 18.2 Å². The van der Waals surface area contributed by atoms with E-state index in [2.05, 4.69) is 40.5 Å². The van der Waals surface area contributed by atoms with Gasteiger partial charge < -0.3 is 10.7 Å². The fraction of sp³-hybridized carbons (Fsp3) is 0.154. The minimum Gasteiger partial charge on any atom is -0.358 e. The first kappa shape index (κ1) is 10.5. The highest BCUT2D eigenvalue weighted by atomic mass is 32.1. The van der Waals surface area contributed by atoms with Crippen molar-refractivity contribution in [3.8, 4) is 11.3 Å². The van der Waals surface area contributed by atoms with Gasteiger partial charge in [0.05, 0.1) is 5.69 Å². The van der Waals surface area contributed by atoms with Crippen molar-refractivity contribution in [3.05, 3.63) is 40.3 Å². The van der Waals surface area contributed by atoms with Crippen LogP contribution in [0.2, 0.25) is 0 Å². The summed E-state index contributed by atoms with van der Waals surface area (Å²) in [7, 11) is 0. The smallest absolute Gasteiger partial charge is 0.107 e. The lowest BCUT2D eigenvalue weighted by Gasteiger charge is -1.96. The van der Waals surface area contributed by atoms with Crippen LogP contribution in [0, 0.1) is 6.92 Å². The van der Waals surface area contributed by atoms with Gasteiger partial charge >= 0.3 is 0 Å². The van der Waals surface area contributed by atoms with Crippen LogP contribution in [0.4, 0.5) is 0 Å². The molecule has 0 amide bonds. The molecule has 1 aromatic carbocycles. The number of para-hydroxylation sites is 1. The Balaban J connectivity index is 2.25. The Hall–Kier alpha value is -1.65. The van der Waals surface area contributed by atoms with E-state index in [0.717, 1.165) is 21.9 Å². The number of aromatic nitrogens is 2. The zero-order valence-corrected chi connectivity index (χ0v) is 10.3. The van der Waals surface area contributed by atoms with E-state index in [1.54, 1.807) is 11.3 Å². The third-order valence-corrected chi connectivity index (χ3v) is 3.75. The van der Waals surface area contributed by atoms with Crippen molar-refractivity contribution in [2.24, 2.45) is 5.73 Å². The first-order valence-corrected chi connectivity index (χ1v) is 6.39. The lowest BCUT2D eigenvalue weighted by Crippen LogP contribution is -1.94. The van der Waals surface area contributed by atoms with E-state index in [4.69, 9.17) is 5.73 Å². The van der Waals surface area contributed by atoms with Crippen molar-refractivity contribution in [2.75, 3.05) is 0 Å². The number of rotatable bonds is 2. The molecule has 3 N–H and O–H groups in total. The maximum atomic E-state index is 5.61. The second-order valence-electron chi connectivity index (χ2n) is 4.00. The largest absolute Gasteiger partial charge is 0.358 e. The normalized spacial score (nSPS) is 11.2. The Morgan fingerprint density at radius 2 is 2.18 bits per heavy atom. The zero-order chi connectivity index (χ0) is 11.8. The maximum absolute atomic E-state index is 5.61. The Morgan fingerprint density at radius 1 is 1.35 bits per heavy atom. The van der Waals surface area contributed by atoms with E-state index in [-0.39, 0.29) is 0 Å². The number of thiazole rings is 1. The van der Waals surface area contributed by atoms with Gasteiger partial charge in [-0.2, -0.15) is 0 Å². The number of hydrogen-bond donors (Lipinski definition) is 2. The summed E-state index contributed by atoms with van der Waals surface area (Å²) in [4.78, 5) is 7.94. The molecule has 17 heavy (non-hydrogen) atoms. The first-order chi connectivity index (χ1) is 8.29. The van der Waals surface area contributed by atoms with Crippen LogP contribution in [0.1, 0.15) is 10.7 Å². The standard InChI is InChI=1S/C13H13N3S/c1-8-13(11-7-17-12(6-14)16-11)9-4-2-3-5-10(9)15-8/h2-5,7,15H,6,14H2,1H3. The molecule has 0 saturated heterocycles. The molecule has 0 fully saturated rings. The van der Waals surface area contributed by atoms with Gasteiger partial charge in [-0.3, -0.25) is 0 Å². The van der Waals surface area contributed by atoms with E-state index in [9.17, 15) is 0 Å². The van der Waals surface area contributed by atoms with Gasteiger partial charge in [0.2, 0.25) is 0 Å². The van der Waals surface area contributed by atoms with Gasteiger partial charge in [0.25, 0.3) is 0 Å². The molecule has 3 rings (SSSR count). The zero-order valence-electron chi connectivity index (χ0n) is 9.53. The van der Waals surface area contributed by atoms with E-state index < -0.39 is 0 Å². The maximum Gasteiger partial charge on any atom is 0.107 e. The molecule has 0 aliphatic rings. The molecule has 0 atom stereocenters. The third-order valence-electron chi connectivity index (χ3n) is 2.88. The van der Waals surface area contributed by atoms with Gasteiger partial charge in [-0.25, -0.2) is 4.98 Å². The number of H-pyrrole nitrogens is 1. The second kappa shape index (κ2) is 3.98. The lowest BCUT2D eigenvalue weighted by atomic mass is 10.1. The summed E-state index contributed by atoms with van der Waals surface area (Å²) in [6, 6.07) is 8.29. The van der Waals surface area contributed by atoms with Crippen molar-refractivity contribution < 1.29 is 0 Å². The summed E-state index contributed by atoms with van der Waals surface area (Å²) in [5.41, 5.74) is 10.1. The van der Waals surface area contributed by atoms with Crippen molar-refractivity contribution in [2.45, 2.75) is 13.5 Å². The molecule has 3 nitrogen and oxygen atoms in total. The number of benzene rings is 1. The Bertz CT molecular complexity index is 666. The highest BCUT2D eigenvalue weighted by molar-refractivity contribution is 7.09. The van der Waals surface area contributed by atoms with Crippen molar-refractivity contribution in [1.29, 1.82) is 0 Å². The number of nitrogens with one attached hydrogen (secondary N) is 1.